The topological polar surface area (TPSA) is 60.4 Å². The van der Waals surface area contributed by atoms with Gasteiger partial charge in [-0.25, -0.2) is 0 Å². The zero-order valence-corrected chi connectivity index (χ0v) is 18.3. The number of ether oxygens (including phenoxy) is 1. The van der Waals surface area contributed by atoms with E-state index in [1.807, 2.05) is 6.08 Å². The van der Waals surface area contributed by atoms with Crippen LogP contribution in [0.1, 0.15) is 59.8 Å². The van der Waals surface area contributed by atoms with Gasteiger partial charge in [0.25, 0.3) is 0 Å². The fraction of sp³-hybridized carbons (Fsp3) is 0.708. The normalized spacial score (nSPS) is 49.7. The lowest BCUT2D eigenvalue weighted by atomic mass is 9.47. The van der Waals surface area contributed by atoms with Crippen LogP contribution in [0.15, 0.2) is 22.8 Å². The SMILES string of the molecule is CC(=O)OC1(C(C)=O)CCC2C3C=C(Cl)C4=CC(=O)C5C[C@H]5C4(C)C3CCC21C. The van der Waals surface area contributed by atoms with E-state index < -0.39 is 5.60 Å². The molecule has 0 aromatic carbocycles. The van der Waals surface area contributed by atoms with Gasteiger partial charge in [-0.15, -0.1) is 0 Å². The van der Waals surface area contributed by atoms with E-state index in [2.05, 4.69) is 19.9 Å². The quantitative estimate of drug-likeness (QED) is 0.617. The number of allylic oxidation sites excluding steroid dienone is 4. The molecule has 0 N–H and O–H groups in total. The van der Waals surface area contributed by atoms with Crippen LogP contribution in [-0.2, 0) is 19.1 Å². The second kappa shape index (κ2) is 5.84. The third-order valence-corrected chi connectivity index (χ3v) is 9.83. The molecule has 0 saturated heterocycles. The Labute approximate surface area is 177 Å². The molecular weight excluding hydrogens is 388 g/mol. The molecular formula is C24H29ClO4. The van der Waals surface area contributed by atoms with Gasteiger partial charge in [0.15, 0.2) is 17.2 Å². The molecule has 0 aliphatic heterocycles. The summed E-state index contributed by atoms with van der Waals surface area (Å²) in [4.78, 5) is 37.1. The number of halogens is 1. The van der Waals surface area contributed by atoms with Gasteiger partial charge in [-0.1, -0.05) is 31.5 Å². The second-order valence-electron chi connectivity index (χ2n) is 10.5. The molecule has 5 rings (SSSR count). The molecule has 0 radical (unpaired) electrons. The van der Waals surface area contributed by atoms with Gasteiger partial charge < -0.3 is 4.74 Å². The van der Waals surface area contributed by atoms with Crippen molar-refractivity contribution < 1.29 is 19.1 Å². The Bertz CT molecular complexity index is 903. The Hall–Kier alpha value is -1.42. The standard InChI is InChI=1S/C24H29ClO4/c1-12(26)24(29-13(2)27)8-6-16-14-10-20(25)19-11-21(28)15-9-18(15)23(19,4)17(14)5-7-22(16,24)3/h10-11,14-18H,5-9H2,1-4H3/t14?,15?,16?,17?,18-,22?,23?,24?/m1/s1. The van der Waals surface area contributed by atoms with Crippen LogP contribution in [0.4, 0.5) is 0 Å². The highest BCUT2D eigenvalue weighted by molar-refractivity contribution is 6.32. The van der Waals surface area contributed by atoms with Crippen LogP contribution in [-0.4, -0.2) is 23.1 Å². The van der Waals surface area contributed by atoms with Gasteiger partial charge in [0.2, 0.25) is 0 Å². The average molecular weight is 417 g/mol. The molecule has 5 heteroatoms. The third-order valence-electron chi connectivity index (χ3n) is 9.50. The van der Waals surface area contributed by atoms with Crippen LogP contribution in [0.5, 0.6) is 0 Å². The van der Waals surface area contributed by atoms with E-state index in [1.54, 1.807) is 6.92 Å². The molecule has 3 fully saturated rings. The van der Waals surface area contributed by atoms with Crippen LogP contribution < -0.4 is 0 Å². The number of fused-ring (bicyclic) bond motifs is 7. The summed E-state index contributed by atoms with van der Waals surface area (Å²) >= 11 is 6.79. The van der Waals surface area contributed by atoms with Crippen molar-refractivity contribution in [1.29, 1.82) is 0 Å². The first-order chi connectivity index (χ1) is 13.6. The molecule has 29 heavy (non-hydrogen) atoms. The predicted molar refractivity (Wildman–Crippen MR) is 109 cm³/mol. The van der Waals surface area contributed by atoms with Crippen LogP contribution in [0.2, 0.25) is 0 Å². The fourth-order valence-corrected chi connectivity index (χ4v) is 8.43. The summed E-state index contributed by atoms with van der Waals surface area (Å²) in [5, 5.41) is 0.713. The maximum Gasteiger partial charge on any atom is 0.303 e. The average Bonchev–Trinajstić information content (AvgIpc) is 3.39. The lowest BCUT2D eigenvalue weighted by molar-refractivity contribution is -0.185. The molecule has 0 heterocycles. The largest absolute Gasteiger partial charge is 0.451 e. The Balaban J connectivity index is 1.60. The van der Waals surface area contributed by atoms with Crippen LogP contribution >= 0.6 is 11.6 Å². The summed E-state index contributed by atoms with van der Waals surface area (Å²) in [5.41, 5.74) is -0.455. The van der Waals surface area contributed by atoms with E-state index in [0.717, 1.165) is 31.3 Å². The van der Waals surface area contributed by atoms with Crippen LogP contribution in [0.3, 0.4) is 0 Å². The van der Waals surface area contributed by atoms with Crippen molar-refractivity contribution in [3.63, 3.8) is 0 Å². The van der Waals surface area contributed by atoms with Crippen molar-refractivity contribution in [3.05, 3.63) is 22.8 Å². The summed E-state index contributed by atoms with van der Waals surface area (Å²) in [6.45, 7) is 7.42. The zero-order chi connectivity index (χ0) is 20.9. The molecule has 0 aromatic rings. The maximum absolute atomic E-state index is 12.8. The highest BCUT2D eigenvalue weighted by atomic mass is 35.5. The van der Waals surface area contributed by atoms with E-state index in [-0.39, 0.29) is 46.1 Å². The molecule has 156 valence electrons. The van der Waals surface area contributed by atoms with Crippen molar-refractivity contribution in [2.24, 2.45) is 40.4 Å². The molecule has 5 aliphatic carbocycles. The monoisotopic (exact) mass is 416 g/mol. The number of ketones is 2. The number of carbonyl (C=O) groups is 3. The van der Waals surface area contributed by atoms with Crippen molar-refractivity contribution in [1.82, 2.24) is 0 Å². The number of esters is 1. The summed E-state index contributed by atoms with van der Waals surface area (Å²) in [7, 11) is 0. The van der Waals surface area contributed by atoms with E-state index in [9.17, 15) is 14.4 Å². The van der Waals surface area contributed by atoms with Crippen molar-refractivity contribution >= 4 is 29.1 Å². The number of hydrogen-bond donors (Lipinski definition) is 0. The summed E-state index contributed by atoms with van der Waals surface area (Å²) in [6, 6.07) is 0. The molecule has 5 aliphatic rings. The van der Waals surface area contributed by atoms with E-state index in [4.69, 9.17) is 16.3 Å². The van der Waals surface area contributed by atoms with Crippen molar-refractivity contribution in [2.45, 2.75) is 65.4 Å². The molecule has 0 spiro atoms. The van der Waals surface area contributed by atoms with E-state index in [1.165, 1.54) is 6.92 Å². The smallest absolute Gasteiger partial charge is 0.303 e. The van der Waals surface area contributed by atoms with Crippen molar-refractivity contribution in [2.75, 3.05) is 0 Å². The maximum atomic E-state index is 12.8. The zero-order valence-electron chi connectivity index (χ0n) is 17.6. The first-order valence-electron chi connectivity index (χ1n) is 10.9. The fourth-order valence-electron chi connectivity index (χ4n) is 8.03. The first-order valence-corrected chi connectivity index (χ1v) is 11.3. The Morgan fingerprint density at radius 2 is 1.79 bits per heavy atom. The molecule has 3 saturated carbocycles. The molecule has 4 nitrogen and oxygen atoms in total. The lowest BCUT2D eigenvalue weighted by Gasteiger charge is -2.57. The highest BCUT2D eigenvalue weighted by Gasteiger charge is 2.70. The first kappa shape index (κ1) is 19.5. The van der Waals surface area contributed by atoms with Gasteiger partial charge in [0.1, 0.15) is 0 Å². The molecule has 0 aromatic heterocycles. The number of carbonyl (C=O) groups excluding carboxylic acids is 3. The molecule has 0 bridgehead atoms. The van der Waals surface area contributed by atoms with Crippen molar-refractivity contribution in [3.8, 4) is 0 Å². The number of Topliss-reactive ketones (excluding diaryl/α,β-unsaturated/α-hetero) is 1. The Morgan fingerprint density at radius 1 is 1.10 bits per heavy atom. The van der Waals surface area contributed by atoms with Gasteiger partial charge in [0.05, 0.1) is 0 Å². The van der Waals surface area contributed by atoms with Gasteiger partial charge in [-0.2, -0.15) is 0 Å². The predicted octanol–water partition coefficient (Wildman–Crippen LogP) is 4.61. The van der Waals surface area contributed by atoms with Crippen LogP contribution in [0, 0.1) is 40.4 Å². The number of rotatable bonds is 2. The second-order valence-corrected chi connectivity index (χ2v) is 10.9. The van der Waals surface area contributed by atoms with Gasteiger partial charge in [0, 0.05) is 28.7 Å². The van der Waals surface area contributed by atoms with Gasteiger partial charge >= 0.3 is 5.97 Å². The minimum absolute atomic E-state index is 0.0423. The van der Waals surface area contributed by atoms with Gasteiger partial charge in [-0.3, -0.25) is 14.4 Å². The van der Waals surface area contributed by atoms with Gasteiger partial charge in [-0.05, 0) is 74.3 Å². The summed E-state index contributed by atoms with van der Waals surface area (Å²) in [5.74, 6) is 1.27. The highest BCUT2D eigenvalue weighted by Crippen LogP contribution is 2.72. The minimum atomic E-state index is -1.03. The van der Waals surface area contributed by atoms with E-state index >= 15 is 0 Å². The third kappa shape index (κ3) is 2.24. The minimum Gasteiger partial charge on any atom is -0.451 e. The lowest BCUT2D eigenvalue weighted by Crippen LogP contribution is -2.58. The summed E-state index contributed by atoms with van der Waals surface area (Å²) in [6.07, 6.45) is 8.18. The summed E-state index contributed by atoms with van der Waals surface area (Å²) < 4.78 is 5.82. The molecule has 0 amide bonds. The molecule has 7 unspecified atom stereocenters. The van der Waals surface area contributed by atoms with Crippen LogP contribution in [0.25, 0.3) is 0 Å². The Morgan fingerprint density at radius 3 is 2.45 bits per heavy atom. The molecule has 8 atom stereocenters. The number of hydrogen-bond acceptors (Lipinski definition) is 4. The van der Waals surface area contributed by atoms with E-state index in [0.29, 0.717) is 23.3 Å². The Kier molecular flexibility index (Phi) is 3.93.